The maximum atomic E-state index is 12.4. The van der Waals surface area contributed by atoms with Crippen molar-refractivity contribution in [2.24, 2.45) is 17.8 Å². The van der Waals surface area contributed by atoms with Gasteiger partial charge in [-0.15, -0.1) is 4.33 Å². The van der Waals surface area contributed by atoms with Crippen LogP contribution in [0.2, 0.25) is 0 Å². The summed E-state index contributed by atoms with van der Waals surface area (Å²) in [7, 11) is 0. The van der Waals surface area contributed by atoms with Crippen molar-refractivity contribution in [2.75, 3.05) is 0 Å². The van der Waals surface area contributed by atoms with Crippen LogP contribution >= 0.6 is 12.0 Å². The van der Waals surface area contributed by atoms with Crippen LogP contribution in [0, 0.1) is 17.8 Å². The zero-order chi connectivity index (χ0) is 13.7. The van der Waals surface area contributed by atoms with Gasteiger partial charge < -0.3 is 5.32 Å². The fourth-order valence-corrected chi connectivity index (χ4v) is 4.84. The van der Waals surface area contributed by atoms with E-state index in [2.05, 4.69) is 14.7 Å². The van der Waals surface area contributed by atoms with Crippen LogP contribution in [0.3, 0.4) is 0 Å². The Morgan fingerprint density at radius 3 is 2.53 bits per heavy atom. The van der Waals surface area contributed by atoms with E-state index in [4.69, 9.17) is 5.26 Å². The first-order valence-electron chi connectivity index (χ1n) is 6.94. The minimum absolute atomic E-state index is 0.0303. The quantitative estimate of drug-likeness (QED) is 0.462. The third-order valence-electron chi connectivity index (χ3n) is 5.17. The van der Waals surface area contributed by atoms with Crippen molar-refractivity contribution in [3.05, 3.63) is 0 Å². The first-order chi connectivity index (χ1) is 8.95. The average Bonchev–Trinajstić information content (AvgIpc) is 2.71. The molecule has 4 rings (SSSR count). The lowest BCUT2D eigenvalue weighted by atomic mass is 9.80. The van der Waals surface area contributed by atoms with E-state index in [0.29, 0.717) is 5.92 Å². The fraction of sp³-hybridized carbons (Fsp3) is 0.923. The highest BCUT2D eigenvalue weighted by Gasteiger charge is 2.58. The van der Waals surface area contributed by atoms with Crippen molar-refractivity contribution in [2.45, 2.75) is 56.2 Å². The molecule has 0 radical (unpaired) electrons. The standard InChI is InChI=1S/C13H21NO4S/c1-12(2,19-18-17-16)11(15)14-13-6-8-3-9(7-13)5-10(13)4-8/h8-10,16H,3-7H2,1-2H3,(H,14,15). The van der Waals surface area contributed by atoms with Gasteiger partial charge in [-0.25, -0.2) is 5.26 Å². The molecule has 1 amide bonds. The maximum Gasteiger partial charge on any atom is 0.238 e. The van der Waals surface area contributed by atoms with E-state index >= 15 is 0 Å². The van der Waals surface area contributed by atoms with Crippen LogP contribution in [0.5, 0.6) is 0 Å². The van der Waals surface area contributed by atoms with E-state index in [1.807, 2.05) is 0 Å². The molecule has 0 aromatic heterocycles. The van der Waals surface area contributed by atoms with Gasteiger partial charge in [0.1, 0.15) is 4.75 Å². The minimum atomic E-state index is -0.780. The Balaban J connectivity index is 1.67. The number of carbonyl (C=O) groups is 1. The molecule has 4 fully saturated rings. The molecule has 0 aromatic carbocycles. The Kier molecular flexibility index (Phi) is 3.32. The van der Waals surface area contributed by atoms with Crippen LogP contribution in [0.15, 0.2) is 0 Å². The lowest BCUT2D eigenvalue weighted by Gasteiger charge is -2.36. The van der Waals surface area contributed by atoms with Crippen molar-refractivity contribution < 1.29 is 19.4 Å². The number of carbonyl (C=O) groups excluding carboxylic acids is 1. The number of hydrogen-bond donors (Lipinski definition) is 2. The lowest BCUT2D eigenvalue weighted by molar-refractivity contribution is -0.432. The Morgan fingerprint density at radius 1 is 1.32 bits per heavy atom. The number of hydrogen-bond acceptors (Lipinski definition) is 5. The number of nitrogens with one attached hydrogen (secondary N) is 1. The molecule has 108 valence electrons. The summed E-state index contributed by atoms with van der Waals surface area (Å²) < 4.78 is 3.65. The third kappa shape index (κ3) is 2.28. The molecule has 5 nitrogen and oxygen atoms in total. The average molecular weight is 287 g/mol. The Bertz CT molecular complexity index is 373. The first-order valence-corrected chi connectivity index (χ1v) is 7.68. The largest absolute Gasteiger partial charge is 0.349 e. The summed E-state index contributed by atoms with van der Waals surface area (Å²) in [6.07, 6.45) is 6.19. The van der Waals surface area contributed by atoms with Crippen molar-refractivity contribution in [1.29, 1.82) is 0 Å². The van der Waals surface area contributed by atoms with Crippen molar-refractivity contribution in [3.8, 4) is 0 Å². The predicted octanol–water partition coefficient (Wildman–Crippen LogP) is 2.53. The summed E-state index contributed by atoms with van der Waals surface area (Å²) >= 11 is 0.829. The maximum absolute atomic E-state index is 12.4. The van der Waals surface area contributed by atoms with Crippen LogP contribution in [-0.4, -0.2) is 21.5 Å². The molecular formula is C13H21NO4S. The fourth-order valence-electron chi connectivity index (χ4n) is 4.52. The molecule has 2 atom stereocenters. The summed E-state index contributed by atoms with van der Waals surface area (Å²) in [6.45, 7) is 3.53. The van der Waals surface area contributed by atoms with E-state index in [1.54, 1.807) is 13.8 Å². The van der Waals surface area contributed by atoms with Gasteiger partial charge in [-0.1, -0.05) is 5.04 Å². The summed E-state index contributed by atoms with van der Waals surface area (Å²) in [6, 6.07) is 0. The highest BCUT2D eigenvalue weighted by Crippen LogP contribution is 2.60. The van der Waals surface area contributed by atoms with Gasteiger partial charge in [-0.3, -0.25) is 4.79 Å². The SMILES string of the molecule is CC(C)(SOOO)C(=O)NC12CC3CC(CC1C3)C2. The Labute approximate surface area is 117 Å². The molecule has 6 heteroatoms. The minimum Gasteiger partial charge on any atom is -0.349 e. The molecule has 4 saturated carbocycles. The second kappa shape index (κ2) is 4.62. The van der Waals surface area contributed by atoms with Crippen LogP contribution in [0.25, 0.3) is 0 Å². The van der Waals surface area contributed by atoms with Gasteiger partial charge in [0, 0.05) is 5.54 Å². The summed E-state index contributed by atoms with van der Waals surface area (Å²) in [5.41, 5.74) is 0.0303. The van der Waals surface area contributed by atoms with Crippen LogP contribution in [0.1, 0.15) is 46.0 Å². The molecule has 4 bridgehead atoms. The zero-order valence-corrected chi connectivity index (χ0v) is 12.2. The van der Waals surface area contributed by atoms with Gasteiger partial charge in [-0.05, 0) is 63.7 Å². The first kappa shape index (κ1) is 13.7. The molecular weight excluding hydrogens is 266 g/mol. The Morgan fingerprint density at radius 2 is 1.95 bits per heavy atom. The van der Waals surface area contributed by atoms with Crippen LogP contribution in [-0.2, 0) is 14.2 Å². The molecule has 0 aliphatic heterocycles. The van der Waals surface area contributed by atoms with Gasteiger partial charge in [0.05, 0.1) is 12.0 Å². The van der Waals surface area contributed by atoms with Gasteiger partial charge in [0.15, 0.2) is 0 Å². The van der Waals surface area contributed by atoms with E-state index in [9.17, 15) is 4.79 Å². The van der Waals surface area contributed by atoms with E-state index in [-0.39, 0.29) is 11.4 Å². The van der Waals surface area contributed by atoms with E-state index in [1.165, 1.54) is 19.3 Å². The van der Waals surface area contributed by atoms with Gasteiger partial charge in [0.2, 0.25) is 5.91 Å². The highest BCUT2D eigenvalue weighted by molar-refractivity contribution is 7.96. The second-order valence-corrected chi connectivity index (χ2v) is 8.21. The van der Waals surface area contributed by atoms with Crippen LogP contribution < -0.4 is 5.32 Å². The molecule has 0 spiro atoms. The highest BCUT2D eigenvalue weighted by atomic mass is 32.2. The van der Waals surface area contributed by atoms with E-state index < -0.39 is 4.75 Å². The van der Waals surface area contributed by atoms with Crippen LogP contribution in [0.4, 0.5) is 0 Å². The molecule has 0 saturated heterocycles. The third-order valence-corrected chi connectivity index (χ3v) is 5.90. The monoisotopic (exact) mass is 287 g/mol. The van der Waals surface area contributed by atoms with Gasteiger partial charge >= 0.3 is 0 Å². The molecule has 2 N–H and O–H groups in total. The Hall–Kier alpha value is -0.300. The molecule has 0 aromatic rings. The van der Waals surface area contributed by atoms with Gasteiger partial charge in [-0.2, -0.15) is 0 Å². The van der Waals surface area contributed by atoms with Crippen molar-refractivity contribution in [1.82, 2.24) is 5.32 Å². The second-order valence-electron chi connectivity index (χ2n) is 6.89. The zero-order valence-electron chi connectivity index (χ0n) is 11.3. The predicted molar refractivity (Wildman–Crippen MR) is 70.9 cm³/mol. The smallest absolute Gasteiger partial charge is 0.238 e. The molecule has 2 unspecified atom stereocenters. The number of amides is 1. The van der Waals surface area contributed by atoms with E-state index in [0.717, 1.165) is 36.7 Å². The normalized spacial score (nSPS) is 39.8. The summed E-state index contributed by atoms with van der Waals surface area (Å²) in [5, 5.41) is 15.1. The topological polar surface area (TPSA) is 67.8 Å². The summed E-state index contributed by atoms with van der Waals surface area (Å²) in [5.74, 6) is 2.25. The molecule has 4 aliphatic rings. The molecule has 4 aliphatic carbocycles. The summed E-state index contributed by atoms with van der Waals surface area (Å²) in [4.78, 5) is 12.4. The molecule has 0 heterocycles. The number of rotatable bonds is 5. The van der Waals surface area contributed by atoms with Gasteiger partial charge in [0.25, 0.3) is 0 Å². The lowest BCUT2D eigenvalue weighted by Crippen LogP contribution is -2.54. The molecule has 19 heavy (non-hydrogen) atoms. The van der Waals surface area contributed by atoms with Crippen molar-refractivity contribution >= 4 is 17.9 Å². The van der Waals surface area contributed by atoms with Crippen molar-refractivity contribution in [3.63, 3.8) is 0 Å².